The van der Waals surface area contributed by atoms with Gasteiger partial charge in [-0.05, 0) is 18.1 Å². The van der Waals surface area contributed by atoms with Gasteiger partial charge in [0, 0.05) is 12.6 Å². The first-order valence-electron chi connectivity index (χ1n) is 6.04. The van der Waals surface area contributed by atoms with E-state index in [1.807, 2.05) is 13.8 Å². The molecule has 110 valence electrons. The second-order valence-corrected chi connectivity index (χ2v) is 4.92. The Balaban J connectivity index is 2.35. The van der Waals surface area contributed by atoms with Gasteiger partial charge < -0.3 is 10.1 Å². The van der Waals surface area contributed by atoms with Gasteiger partial charge in [-0.2, -0.15) is 0 Å². The number of carbonyl (C=O) groups is 2. The monoisotopic (exact) mass is 302 g/mol. The lowest BCUT2D eigenvalue weighted by atomic mass is 10.2. The summed E-state index contributed by atoms with van der Waals surface area (Å²) in [4.78, 5) is 22.7. The van der Waals surface area contributed by atoms with Gasteiger partial charge in [0.2, 0.25) is 0 Å². The number of halogens is 2. The number of benzene rings is 1. The summed E-state index contributed by atoms with van der Waals surface area (Å²) < 4.78 is 18.0. The quantitative estimate of drug-likeness (QED) is 0.877. The fourth-order valence-electron chi connectivity index (χ4n) is 1.22. The smallest absolute Gasteiger partial charge is 0.321 e. The molecule has 0 aliphatic heterocycles. The molecule has 7 heteroatoms. The van der Waals surface area contributed by atoms with E-state index in [0.29, 0.717) is 6.54 Å². The Bertz CT molecular complexity index is 495. The van der Waals surface area contributed by atoms with Gasteiger partial charge in [0.05, 0.1) is 5.02 Å². The Morgan fingerprint density at radius 3 is 2.70 bits per heavy atom. The fourth-order valence-corrected chi connectivity index (χ4v) is 1.39. The summed E-state index contributed by atoms with van der Waals surface area (Å²) >= 11 is 5.56. The molecule has 1 aromatic rings. The summed E-state index contributed by atoms with van der Waals surface area (Å²) in [5.41, 5.74) is 0. The summed E-state index contributed by atoms with van der Waals surface area (Å²) in [5, 5.41) is 4.54. The number of nitrogens with one attached hydrogen (secondary N) is 2. The summed E-state index contributed by atoms with van der Waals surface area (Å²) in [6.07, 6.45) is 0. The SMILES string of the molecule is CC(C)CNC(=O)NC(=O)COc1ccc(F)c(Cl)c1. The van der Waals surface area contributed by atoms with Gasteiger partial charge in [-0.1, -0.05) is 25.4 Å². The van der Waals surface area contributed by atoms with Crippen molar-refractivity contribution in [1.29, 1.82) is 0 Å². The molecular weight excluding hydrogens is 287 g/mol. The molecule has 0 aliphatic rings. The van der Waals surface area contributed by atoms with E-state index in [9.17, 15) is 14.0 Å². The molecule has 0 unspecified atom stereocenters. The van der Waals surface area contributed by atoms with Crippen LogP contribution in [0.1, 0.15) is 13.8 Å². The summed E-state index contributed by atoms with van der Waals surface area (Å²) in [6, 6.07) is 3.14. The van der Waals surface area contributed by atoms with Crippen LogP contribution in [0.4, 0.5) is 9.18 Å². The average molecular weight is 303 g/mol. The molecule has 3 amide bonds. The lowest BCUT2D eigenvalue weighted by Gasteiger charge is -2.09. The van der Waals surface area contributed by atoms with Crippen molar-refractivity contribution in [3.05, 3.63) is 29.0 Å². The van der Waals surface area contributed by atoms with Crippen LogP contribution < -0.4 is 15.4 Å². The number of ether oxygens (including phenoxy) is 1. The van der Waals surface area contributed by atoms with Crippen molar-refractivity contribution in [3.8, 4) is 5.75 Å². The van der Waals surface area contributed by atoms with Crippen molar-refractivity contribution in [1.82, 2.24) is 10.6 Å². The molecule has 5 nitrogen and oxygen atoms in total. The van der Waals surface area contributed by atoms with Crippen LogP contribution in [0.5, 0.6) is 5.75 Å². The highest BCUT2D eigenvalue weighted by molar-refractivity contribution is 6.30. The van der Waals surface area contributed by atoms with Gasteiger partial charge in [-0.15, -0.1) is 0 Å². The molecule has 20 heavy (non-hydrogen) atoms. The van der Waals surface area contributed by atoms with Gasteiger partial charge in [-0.25, -0.2) is 9.18 Å². The lowest BCUT2D eigenvalue weighted by Crippen LogP contribution is -2.42. The fraction of sp³-hybridized carbons (Fsp3) is 0.385. The molecule has 0 aromatic heterocycles. The van der Waals surface area contributed by atoms with Crippen LogP contribution in [0.15, 0.2) is 18.2 Å². The normalized spacial score (nSPS) is 10.2. The van der Waals surface area contributed by atoms with Gasteiger partial charge in [-0.3, -0.25) is 10.1 Å². The van der Waals surface area contributed by atoms with Crippen molar-refractivity contribution in [3.63, 3.8) is 0 Å². The first kappa shape index (κ1) is 16.2. The van der Waals surface area contributed by atoms with Crippen molar-refractivity contribution in [2.45, 2.75) is 13.8 Å². The summed E-state index contributed by atoms with van der Waals surface area (Å²) in [7, 11) is 0. The minimum absolute atomic E-state index is 0.0995. The summed E-state index contributed by atoms with van der Waals surface area (Å²) in [6.45, 7) is 3.97. The lowest BCUT2D eigenvalue weighted by molar-refractivity contribution is -0.122. The Morgan fingerprint density at radius 2 is 2.10 bits per heavy atom. The van der Waals surface area contributed by atoms with Crippen molar-refractivity contribution in [2.24, 2.45) is 5.92 Å². The highest BCUT2D eigenvalue weighted by atomic mass is 35.5. The van der Waals surface area contributed by atoms with Crippen LogP contribution >= 0.6 is 11.6 Å². The van der Waals surface area contributed by atoms with Gasteiger partial charge in [0.25, 0.3) is 5.91 Å². The second kappa shape index (κ2) is 7.69. The standard InChI is InChI=1S/C13H16ClFN2O3/c1-8(2)6-16-13(19)17-12(18)7-20-9-3-4-11(15)10(14)5-9/h3-5,8H,6-7H2,1-2H3,(H2,16,17,18,19). The molecule has 0 aliphatic carbocycles. The van der Waals surface area contributed by atoms with Gasteiger partial charge in [0.15, 0.2) is 6.61 Å². The maximum atomic E-state index is 12.9. The largest absolute Gasteiger partial charge is 0.484 e. The van der Waals surface area contributed by atoms with E-state index in [2.05, 4.69) is 10.6 Å². The van der Waals surface area contributed by atoms with Gasteiger partial charge in [0.1, 0.15) is 11.6 Å². The minimum atomic E-state index is -0.605. The minimum Gasteiger partial charge on any atom is -0.484 e. The van der Waals surface area contributed by atoms with E-state index >= 15 is 0 Å². The zero-order chi connectivity index (χ0) is 15.1. The molecule has 0 bridgehead atoms. The molecule has 1 aromatic carbocycles. The Morgan fingerprint density at radius 1 is 1.40 bits per heavy atom. The molecule has 1 rings (SSSR count). The number of amides is 3. The Hall–Kier alpha value is -1.82. The van der Waals surface area contributed by atoms with E-state index in [1.165, 1.54) is 12.1 Å². The van der Waals surface area contributed by atoms with E-state index in [-0.39, 0.29) is 23.3 Å². The molecule has 0 spiro atoms. The molecule has 0 atom stereocenters. The highest BCUT2D eigenvalue weighted by Gasteiger charge is 2.09. The molecule has 0 fully saturated rings. The van der Waals surface area contributed by atoms with E-state index in [4.69, 9.17) is 16.3 Å². The zero-order valence-electron chi connectivity index (χ0n) is 11.2. The van der Waals surface area contributed by atoms with E-state index in [0.717, 1.165) is 6.07 Å². The topological polar surface area (TPSA) is 67.4 Å². The van der Waals surface area contributed by atoms with Crippen molar-refractivity contribution in [2.75, 3.05) is 13.2 Å². The molecule has 0 radical (unpaired) electrons. The third-order valence-electron chi connectivity index (χ3n) is 2.18. The number of rotatable bonds is 5. The predicted molar refractivity (Wildman–Crippen MR) is 73.3 cm³/mol. The van der Waals surface area contributed by atoms with Crippen LogP contribution in [0.3, 0.4) is 0 Å². The third kappa shape index (κ3) is 5.88. The van der Waals surface area contributed by atoms with Crippen molar-refractivity contribution < 1.29 is 18.7 Å². The van der Waals surface area contributed by atoms with Crippen LogP contribution in [0, 0.1) is 11.7 Å². The first-order valence-corrected chi connectivity index (χ1v) is 6.42. The van der Waals surface area contributed by atoms with Crippen LogP contribution in [0.25, 0.3) is 0 Å². The highest BCUT2D eigenvalue weighted by Crippen LogP contribution is 2.20. The summed E-state index contributed by atoms with van der Waals surface area (Å²) in [5.74, 6) is -0.647. The van der Waals surface area contributed by atoms with Gasteiger partial charge >= 0.3 is 6.03 Å². The molecule has 0 heterocycles. The predicted octanol–water partition coefficient (Wildman–Crippen LogP) is 2.34. The number of hydrogen-bond acceptors (Lipinski definition) is 3. The molecular formula is C13H16ClFN2O3. The van der Waals surface area contributed by atoms with Crippen molar-refractivity contribution >= 4 is 23.5 Å². The van der Waals surface area contributed by atoms with Crippen LogP contribution in [-0.2, 0) is 4.79 Å². The number of imide groups is 1. The number of urea groups is 1. The maximum Gasteiger partial charge on any atom is 0.321 e. The third-order valence-corrected chi connectivity index (χ3v) is 2.47. The van der Waals surface area contributed by atoms with Crippen LogP contribution in [0.2, 0.25) is 5.02 Å². The number of hydrogen-bond donors (Lipinski definition) is 2. The van der Waals surface area contributed by atoms with E-state index in [1.54, 1.807) is 0 Å². The van der Waals surface area contributed by atoms with Crippen LogP contribution in [-0.4, -0.2) is 25.1 Å². The number of carbonyl (C=O) groups excluding carboxylic acids is 2. The first-order chi connectivity index (χ1) is 9.38. The average Bonchev–Trinajstić information content (AvgIpc) is 2.38. The van der Waals surface area contributed by atoms with E-state index < -0.39 is 17.8 Å². The zero-order valence-corrected chi connectivity index (χ0v) is 12.0. The molecule has 0 saturated carbocycles. The molecule has 0 saturated heterocycles. The maximum absolute atomic E-state index is 12.9. The molecule has 2 N–H and O–H groups in total. The Labute approximate surface area is 121 Å². The second-order valence-electron chi connectivity index (χ2n) is 4.52. The Kier molecular flexibility index (Phi) is 6.24.